The lowest BCUT2D eigenvalue weighted by Gasteiger charge is -2.27. The highest BCUT2D eigenvalue weighted by Crippen LogP contribution is 2.19. The van der Waals surface area contributed by atoms with E-state index in [2.05, 4.69) is 16.7 Å². The van der Waals surface area contributed by atoms with Crippen LogP contribution in [0.1, 0.15) is 45.4 Å². The van der Waals surface area contributed by atoms with E-state index in [9.17, 15) is 4.79 Å². The van der Waals surface area contributed by atoms with Crippen LogP contribution in [0.2, 0.25) is 0 Å². The maximum absolute atomic E-state index is 12.3. The second-order valence-corrected chi connectivity index (χ2v) is 6.29. The molecule has 2 aliphatic rings. The Kier molecular flexibility index (Phi) is 5.64. The van der Waals surface area contributed by atoms with Gasteiger partial charge in [-0.2, -0.15) is 0 Å². The first kappa shape index (κ1) is 14.8. The third-order valence-electron chi connectivity index (χ3n) is 4.62. The molecule has 4 nitrogen and oxygen atoms in total. The number of hydrogen-bond acceptors (Lipinski definition) is 3. The first-order chi connectivity index (χ1) is 9.16. The van der Waals surface area contributed by atoms with E-state index in [1.165, 1.54) is 32.1 Å². The van der Waals surface area contributed by atoms with Crippen molar-refractivity contribution in [2.45, 2.75) is 51.5 Å². The van der Waals surface area contributed by atoms with Crippen molar-refractivity contribution < 1.29 is 4.79 Å². The molecule has 2 unspecified atom stereocenters. The largest absolute Gasteiger partial charge is 0.342 e. The molecule has 0 aromatic rings. The zero-order valence-corrected chi connectivity index (χ0v) is 12.3. The summed E-state index contributed by atoms with van der Waals surface area (Å²) in [5, 5.41) is 0. The summed E-state index contributed by atoms with van der Waals surface area (Å²) in [5.41, 5.74) is 5.95. The average molecular weight is 267 g/mol. The summed E-state index contributed by atoms with van der Waals surface area (Å²) in [6, 6.07) is 0.252. The molecule has 4 heteroatoms. The van der Waals surface area contributed by atoms with Gasteiger partial charge in [-0.25, -0.2) is 0 Å². The SMILES string of the molecule is CC(N)C1CCN(CC(=O)N2CCCCCCC2)C1. The molecule has 1 amide bonds. The second-order valence-electron chi connectivity index (χ2n) is 6.29. The van der Waals surface area contributed by atoms with E-state index in [0.717, 1.165) is 32.6 Å². The molecule has 0 radical (unpaired) electrons. The summed E-state index contributed by atoms with van der Waals surface area (Å²) in [5.74, 6) is 0.896. The van der Waals surface area contributed by atoms with E-state index in [4.69, 9.17) is 5.73 Å². The standard InChI is InChI=1S/C15H29N3O/c1-13(16)14-7-10-17(11-14)12-15(19)18-8-5-3-2-4-6-9-18/h13-14H,2-12,16H2,1H3. The smallest absolute Gasteiger partial charge is 0.236 e. The van der Waals surface area contributed by atoms with Gasteiger partial charge in [0.05, 0.1) is 6.54 Å². The summed E-state index contributed by atoms with van der Waals surface area (Å²) in [6.07, 6.45) is 7.39. The van der Waals surface area contributed by atoms with Crippen LogP contribution in [0.4, 0.5) is 0 Å². The van der Waals surface area contributed by atoms with Crippen LogP contribution >= 0.6 is 0 Å². The molecule has 2 saturated heterocycles. The normalized spacial score (nSPS) is 27.9. The van der Waals surface area contributed by atoms with Crippen molar-refractivity contribution in [1.82, 2.24) is 9.80 Å². The molecule has 0 aliphatic carbocycles. The van der Waals surface area contributed by atoms with Crippen LogP contribution in [0.5, 0.6) is 0 Å². The van der Waals surface area contributed by atoms with Gasteiger partial charge < -0.3 is 10.6 Å². The Morgan fingerprint density at radius 2 is 1.79 bits per heavy atom. The second kappa shape index (κ2) is 7.25. The van der Waals surface area contributed by atoms with E-state index in [1.807, 2.05) is 0 Å². The molecular formula is C15H29N3O. The lowest BCUT2D eigenvalue weighted by molar-refractivity contribution is -0.132. The average Bonchev–Trinajstić information content (AvgIpc) is 2.76. The topological polar surface area (TPSA) is 49.6 Å². The highest BCUT2D eigenvalue weighted by atomic mass is 16.2. The van der Waals surface area contributed by atoms with Crippen molar-refractivity contribution in [2.75, 3.05) is 32.7 Å². The van der Waals surface area contributed by atoms with Gasteiger partial charge in [0.2, 0.25) is 5.91 Å². The fourth-order valence-electron chi connectivity index (χ4n) is 3.22. The Balaban J connectivity index is 1.77. The van der Waals surface area contributed by atoms with Gasteiger partial charge in [-0.05, 0) is 38.6 Å². The lowest BCUT2D eigenvalue weighted by Crippen LogP contribution is -2.41. The molecule has 2 N–H and O–H groups in total. The van der Waals surface area contributed by atoms with Crippen LogP contribution < -0.4 is 5.73 Å². The quantitative estimate of drug-likeness (QED) is 0.842. The van der Waals surface area contributed by atoms with Gasteiger partial charge in [-0.1, -0.05) is 19.3 Å². The molecule has 0 aromatic carbocycles. The maximum atomic E-state index is 12.3. The molecular weight excluding hydrogens is 238 g/mol. The van der Waals surface area contributed by atoms with Crippen molar-refractivity contribution in [1.29, 1.82) is 0 Å². The van der Waals surface area contributed by atoms with E-state index < -0.39 is 0 Å². The fourth-order valence-corrected chi connectivity index (χ4v) is 3.22. The number of nitrogens with two attached hydrogens (primary N) is 1. The predicted octanol–water partition coefficient (Wildman–Crippen LogP) is 1.45. The molecule has 0 aromatic heterocycles. The molecule has 2 rings (SSSR count). The van der Waals surface area contributed by atoms with Crippen molar-refractivity contribution in [2.24, 2.45) is 11.7 Å². The number of carbonyl (C=O) groups excluding carboxylic acids is 1. The van der Waals surface area contributed by atoms with Crippen molar-refractivity contribution in [3.8, 4) is 0 Å². The number of amides is 1. The maximum Gasteiger partial charge on any atom is 0.236 e. The molecule has 2 fully saturated rings. The minimum absolute atomic E-state index is 0.252. The molecule has 19 heavy (non-hydrogen) atoms. The monoisotopic (exact) mass is 267 g/mol. The Morgan fingerprint density at radius 1 is 1.16 bits per heavy atom. The minimum atomic E-state index is 0.252. The Labute approximate surface area is 117 Å². The van der Waals surface area contributed by atoms with Crippen molar-refractivity contribution >= 4 is 5.91 Å². The third kappa shape index (κ3) is 4.46. The molecule has 0 saturated carbocycles. The minimum Gasteiger partial charge on any atom is -0.342 e. The number of carbonyl (C=O) groups is 1. The van der Waals surface area contributed by atoms with Crippen LogP contribution in [-0.4, -0.2) is 54.5 Å². The van der Waals surface area contributed by atoms with Gasteiger partial charge >= 0.3 is 0 Å². The highest BCUT2D eigenvalue weighted by molar-refractivity contribution is 5.78. The van der Waals surface area contributed by atoms with Crippen LogP contribution in [0.25, 0.3) is 0 Å². The fraction of sp³-hybridized carbons (Fsp3) is 0.933. The van der Waals surface area contributed by atoms with E-state index >= 15 is 0 Å². The van der Waals surface area contributed by atoms with Gasteiger partial charge in [0.1, 0.15) is 0 Å². The highest BCUT2D eigenvalue weighted by Gasteiger charge is 2.27. The Hall–Kier alpha value is -0.610. The van der Waals surface area contributed by atoms with E-state index in [0.29, 0.717) is 18.4 Å². The molecule has 0 spiro atoms. The van der Waals surface area contributed by atoms with Gasteiger partial charge in [0.15, 0.2) is 0 Å². The molecule has 2 atom stereocenters. The summed E-state index contributed by atoms with van der Waals surface area (Å²) in [4.78, 5) is 16.7. The van der Waals surface area contributed by atoms with Gasteiger partial charge in [-0.3, -0.25) is 9.69 Å². The predicted molar refractivity (Wildman–Crippen MR) is 77.9 cm³/mol. The summed E-state index contributed by atoms with van der Waals surface area (Å²) < 4.78 is 0. The van der Waals surface area contributed by atoms with Crippen LogP contribution in [0.15, 0.2) is 0 Å². The molecule has 2 heterocycles. The third-order valence-corrected chi connectivity index (χ3v) is 4.62. The van der Waals surface area contributed by atoms with Crippen LogP contribution in [0.3, 0.4) is 0 Å². The molecule has 2 aliphatic heterocycles. The molecule has 110 valence electrons. The van der Waals surface area contributed by atoms with Crippen molar-refractivity contribution in [3.05, 3.63) is 0 Å². The number of hydrogen-bond donors (Lipinski definition) is 1. The molecule has 0 bridgehead atoms. The van der Waals surface area contributed by atoms with Gasteiger partial charge in [-0.15, -0.1) is 0 Å². The van der Waals surface area contributed by atoms with Gasteiger partial charge in [0, 0.05) is 25.7 Å². The Morgan fingerprint density at radius 3 is 2.37 bits per heavy atom. The Bertz CT molecular complexity index is 285. The number of nitrogens with zero attached hydrogens (tertiary/aromatic N) is 2. The van der Waals surface area contributed by atoms with Crippen LogP contribution in [-0.2, 0) is 4.79 Å². The first-order valence-corrected chi connectivity index (χ1v) is 7.92. The summed E-state index contributed by atoms with van der Waals surface area (Å²) in [7, 11) is 0. The number of likely N-dealkylation sites (tertiary alicyclic amines) is 2. The summed E-state index contributed by atoms with van der Waals surface area (Å²) in [6.45, 7) is 6.63. The number of rotatable bonds is 3. The first-order valence-electron chi connectivity index (χ1n) is 7.92. The van der Waals surface area contributed by atoms with Crippen LogP contribution in [0, 0.1) is 5.92 Å². The van der Waals surface area contributed by atoms with E-state index in [-0.39, 0.29) is 6.04 Å². The summed E-state index contributed by atoms with van der Waals surface area (Å²) >= 11 is 0. The zero-order valence-electron chi connectivity index (χ0n) is 12.3. The zero-order chi connectivity index (χ0) is 13.7. The van der Waals surface area contributed by atoms with Crippen molar-refractivity contribution in [3.63, 3.8) is 0 Å². The van der Waals surface area contributed by atoms with E-state index in [1.54, 1.807) is 0 Å². The lowest BCUT2D eigenvalue weighted by atomic mass is 10.0. The van der Waals surface area contributed by atoms with Gasteiger partial charge in [0.25, 0.3) is 0 Å².